The van der Waals surface area contributed by atoms with Crippen molar-refractivity contribution < 1.29 is 14.7 Å². The number of methoxy groups -OCH3 is 1. The van der Waals surface area contributed by atoms with Gasteiger partial charge in [-0.05, 0) is 139 Å². The number of hydrogen-bond acceptors (Lipinski definition) is 4. The maximum absolute atomic E-state index is 12.1. The Morgan fingerprint density at radius 3 is 2.30 bits per heavy atom. The normalized spacial score (nSPS) is 42.8. The highest BCUT2D eigenvalue weighted by atomic mass is 32.1. The van der Waals surface area contributed by atoms with Crippen molar-refractivity contribution in [3.63, 3.8) is 0 Å². The molecule has 0 aliphatic heterocycles. The van der Waals surface area contributed by atoms with Crippen LogP contribution in [0, 0.1) is 56.7 Å². The van der Waals surface area contributed by atoms with Crippen LogP contribution in [-0.4, -0.2) is 23.3 Å². The molecule has 4 saturated carbocycles. The zero-order valence-corrected chi connectivity index (χ0v) is 28.3. The van der Waals surface area contributed by atoms with Gasteiger partial charge in [0.1, 0.15) is 4.99 Å². The lowest BCUT2D eigenvalue weighted by atomic mass is 9.32. The van der Waals surface area contributed by atoms with E-state index in [0.717, 1.165) is 25.7 Å². The van der Waals surface area contributed by atoms with Gasteiger partial charge in [-0.25, -0.2) is 4.79 Å². The molecule has 0 radical (unpaired) electrons. The Kier molecular flexibility index (Phi) is 7.41. The molecule has 234 valence electrons. The Bertz CT molecular complexity index is 1360. The van der Waals surface area contributed by atoms with Crippen molar-refractivity contribution in [2.75, 3.05) is 7.11 Å². The van der Waals surface area contributed by atoms with E-state index < -0.39 is 0 Å². The predicted octanol–water partition coefficient (Wildman–Crippen LogP) is 9.43. The molecule has 0 heterocycles. The van der Waals surface area contributed by atoms with E-state index in [2.05, 4.69) is 71.8 Å². The van der Waals surface area contributed by atoms with Gasteiger partial charge in [-0.1, -0.05) is 77.2 Å². The lowest BCUT2D eigenvalue weighted by Crippen LogP contribution is -2.65. The van der Waals surface area contributed by atoms with Gasteiger partial charge in [-0.3, -0.25) is 10.7 Å². The Labute approximate surface area is 265 Å². The number of rotatable bonds is 4. The first-order chi connectivity index (χ1) is 20.2. The van der Waals surface area contributed by atoms with Gasteiger partial charge in [0, 0.05) is 5.41 Å². The molecular formula is C38H53NO3S. The van der Waals surface area contributed by atoms with Crippen molar-refractivity contribution in [3.8, 4) is 0 Å². The second-order valence-electron chi connectivity index (χ2n) is 16.3. The van der Waals surface area contributed by atoms with E-state index in [1.165, 1.54) is 55.9 Å². The number of benzene rings is 1. The minimum Gasteiger partial charge on any atom is -0.465 e. The standard InChI is InChI=1S/C38H53NO3S/c1-23(2)26-15-19-38(33(43)39-41)20-17-29-27(31(26)38)13-14-30-35(29,5)21-22-37(7)34(3,4)28(16-18-36(30,37)6)24-9-11-25(12-10-24)32(40)42-8/h9-12,16,26-27,29-31,41H,1,13-15,17-22H2,2-8H3,(H,39,43)/t26?,27-,29?,30-,31+,35-,36+,37-,38?/m0/s1. The van der Waals surface area contributed by atoms with Crippen molar-refractivity contribution in [1.29, 1.82) is 0 Å². The molecule has 4 nitrogen and oxygen atoms in total. The van der Waals surface area contributed by atoms with E-state index in [-0.39, 0.29) is 27.6 Å². The molecule has 1 aromatic carbocycles. The maximum atomic E-state index is 12.1. The number of ether oxygens (including phenoxy) is 1. The van der Waals surface area contributed by atoms with Crippen LogP contribution in [-0.2, 0) is 4.74 Å². The highest BCUT2D eigenvalue weighted by molar-refractivity contribution is 7.80. The molecule has 5 aliphatic rings. The minimum absolute atomic E-state index is 0.0117. The van der Waals surface area contributed by atoms with Crippen molar-refractivity contribution in [3.05, 3.63) is 53.6 Å². The van der Waals surface area contributed by atoms with Gasteiger partial charge in [-0.15, -0.1) is 0 Å². The average molecular weight is 604 g/mol. The number of carbonyl (C=O) groups is 1. The molecule has 9 atom stereocenters. The monoisotopic (exact) mass is 603 g/mol. The highest BCUT2D eigenvalue weighted by Crippen LogP contribution is 2.77. The van der Waals surface area contributed by atoms with E-state index in [0.29, 0.717) is 45.6 Å². The third kappa shape index (κ3) is 4.02. The van der Waals surface area contributed by atoms with Crippen molar-refractivity contribution >= 4 is 28.7 Å². The number of thiocarbonyl (C=S) groups is 1. The van der Waals surface area contributed by atoms with Crippen LogP contribution < -0.4 is 5.48 Å². The Hall–Kier alpha value is -1.98. The molecule has 2 N–H and O–H groups in total. The van der Waals surface area contributed by atoms with Crippen LogP contribution in [0.1, 0.15) is 115 Å². The molecule has 1 aromatic rings. The molecule has 5 heteroatoms. The van der Waals surface area contributed by atoms with Crippen LogP contribution in [0.2, 0.25) is 0 Å². The molecule has 6 rings (SSSR count). The van der Waals surface area contributed by atoms with E-state index in [1.807, 2.05) is 12.1 Å². The fourth-order valence-corrected chi connectivity index (χ4v) is 12.8. The molecule has 3 unspecified atom stereocenters. The zero-order chi connectivity index (χ0) is 31.2. The molecule has 5 aliphatic carbocycles. The molecule has 0 aromatic heterocycles. The van der Waals surface area contributed by atoms with Gasteiger partial charge in [0.05, 0.1) is 12.7 Å². The average Bonchev–Trinajstić information content (AvgIpc) is 3.40. The molecule has 0 bridgehead atoms. The van der Waals surface area contributed by atoms with Crippen LogP contribution >= 0.6 is 12.2 Å². The predicted molar refractivity (Wildman–Crippen MR) is 178 cm³/mol. The smallest absolute Gasteiger partial charge is 0.337 e. The van der Waals surface area contributed by atoms with Crippen molar-refractivity contribution in [2.24, 2.45) is 56.7 Å². The first-order valence-electron chi connectivity index (χ1n) is 16.7. The summed E-state index contributed by atoms with van der Waals surface area (Å²) in [5.41, 5.74) is 7.57. The summed E-state index contributed by atoms with van der Waals surface area (Å²) in [6.07, 6.45) is 13.2. The largest absolute Gasteiger partial charge is 0.465 e. The zero-order valence-electron chi connectivity index (χ0n) is 27.5. The molecular weight excluding hydrogens is 550 g/mol. The second kappa shape index (κ2) is 10.3. The number of hydroxylamine groups is 1. The molecule has 4 fully saturated rings. The summed E-state index contributed by atoms with van der Waals surface area (Å²) < 4.78 is 4.94. The number of allylic oxidation sites excluding steroid dienone is 3. The molecule has 0 spiro atoms. The van der Waals surface area contributed by atoms with Crippen molar-refractivity contribution in [2.45, 2.75) is 99.3 Å². The summed E-state index contributed by atoms with van der Waals surface area (Å²) in [6, 6.07) is 8.05. The quantitative estimate of drug-likeness (QED) is 0.155. The maximum Gasteiger partial charge on any atom is 0.337 e. The van der Waals surface area contributed by atoms with Gasteiger partial charge in [0.2, 0.25) is 0 Å². The SMILES string of the molecule is C=C(C)C1CCC2(C(=S)NO)CCC3[C@H](CC[C@H]4[C@@]3(C)CC[C@@]3(C)C(C)(C)C(c5ccc(C(=O)OC)cc5)=CC[C@]43C)[C@@H]12. The summed E-state index contributed by atoms with van der Waals surface area (Å²) in [5.74, 6) is 2.68. The third-order valence-electron chi connectivity index (χ3n) is 15.1. The van der Waals surface area contributed by atoms with Crippen LogP contribution in [0.15, 0.2) is 42.5 Å². The number of carbonyl (C=O) groups excluding carboxylic acids is 1. The van der Waals surface area contributed by atoms with Gasteiger partial charge < -0.3 is 4.74 Å². The van der Waals surface area contributed by atoms with Crippen molar-refractivity contribution in [1.82, 2.24) is 5.48 Å². The Balaban J connectivity index is 1.35. The fourth-order valence-electron chi connectivity index (χ4n) is 12.4. The van der Waals surface area contributed by atoms with Gasteiger partial charge in [-0.2, -0.15) is 0 Å². The van der Waals surface area contributed by atoms with Crippen LogP contribution in [0.25, 0.3) is 5.57 Å². The summed E-state index contributed by atoms with van der Waals surface area (Å²) in [4.78, 5) is 12.8. The van der Waals surface area contributed by atoms with Gasteiger partial charge in [0.25, 0.3) is 0 Å². The topological polar surface area (TPSA) is 58.6 Å². The molecule has 43 heavy (non-hydrogen) atoms. The third-order valence-corrected chi connectivity index (χ3v) is 15.6. The van der Waals surface area contributed by atoms with Crippen LogP contribution in [0.4, 0.5) is 0 Å². The van der Waals surface area contributed by atoms with E-state index in [1.54, 1.807) is 0 Å². The lowest BCUT2D eigenvalue weighted by molar-refractivity contribution is -0.210. The lowest BCUT2D eigenvalue weighted by Gasteiger charge is -2.72. The first kappa shape index (κ1) is 31.0. The fraction of sp³-hybridized carbons (Fsp3) is 0.684. The van der Waals surface area contributed by atoms with E-state index >= 15 is 0 Å². The number of esters is 1. The second-order valence-corrected chi connectivity index (χ2v) is 16.7. The minimum atomic E-state index is -0.285. The summed E-state index contributed by atoms with van der Waals surface area (Å²) in [6.45, 7) is 19.5. The summed E-state index contributed by atoms with van der Waals surface area (Å²) >= 11 is 5.87. The van der Waals surface area contributed by atoms with E-state index in [9.17, 15) is 10.0 Å². The Morgan fingerprint density at radius 2 is 1.67 bits per heavy atom. The molecule has 0 saturated heterocycles. The van der Waals surface area contributed by atoms with E-state index in [4.69, 9.17) is 17.0 Å². The molecule has 0 amide bonds. The number of fused-ring (bicyclic) bond motifs is 7. The summed E-state index contributed by atoms with van der Waals surface area (Å²) in [7, 11) is 1.44. The first-order valence-corrected chi connectivity index (χ1v) is 17.1. The highest BCUT2D eigenvalue weighted by Gasteiger charge is 2.70. The number of hydrogen-bond donors (Lipinski definition) is 2. The summed E-state index contributed by atoms with van der Waals surface area (Å²) in [5, 5.41) is 10.0. The number of nitrogens with one attached hydrogen (secondary N) is 1. The Morgan fingerprint density at radius 1 is 1.00 bits per heavy atom. The van der Waals surface area contributed by atoms with Crippen LogP contribution in [0.5, 0.6) is 0 Å². The van der Waals surface area contributed by atoms with Gasteiger partial charge >= 0.3 is 5.97 Å². The van der Waals surface area contributed by atoms with Gasteiger partial charge in [0.15, 0.2) is 0 Å². The van der Waals surface area contributed by atoms with Crippen LogP contribution in [0.3, 0.4) is 0 Å².